The van der Waals surface area contributed by atoms with Gasteiger partial charge in [-0.05, 0) is 56.4 Å². The van der Waals surface area contributed by atoms with E-state index < -0.39 is 24.5 Å². The summed E-state index contributed by atoms with van der Waals surface area (Å²) in [6.45, 7) is 0.186. The fourth-order valence-electron chi connectivity index (χ4n) is 5.00. The van der Waals surface area contributed by atoms with Gasteiger partial charge in [0.15, 0.2) is 5.82 Å². The fraction of sp³-hybridized carbons (Fsp3) is 0.480. The number of aromatic nitrogens is 2. The molecule has 13 heteroatoms. The Hall–Kier alpha value is -4.03. The summed E-state index contributed by atoms with van der Waals surface area (Å²) in [5.41, 5.74) is 1.32. The average Bonchev–Trinajstić information content (AvgIpc) is 2.92. The Kier molecular flexibility index (Phi) is 6.76. The number of halogens is 2. The lowest BCUT2D eigenvalue weighted by molar-refractivity contribution is -0.140. The highest BCUT2D eigenvalue weighted by Crippen LogP contribution is 2.40. The number of hydrogen-bond donors (Lipinski definition) is 3. The zero-order valence-corrected chi connectivity index (χ0v) is 20.9. The van der Waals surface area contributed by atoms with Gasteiger partial charge >= 0.3 is 12.0 Å². The summed E-state index contributed by atoms with van der Waals surface area (Å²) >= 11 is 0. The van der Waals surface area contributed by atoms with Crippen molar-refractivity contribution < 1.29 is 28.3 Å². The van der Waals surface area contributed by atoms with Crippen molar-refractivity contribution >= 4 is 41.0 Å². The van der Waals surface area contributed by atoms with Gasteiger partial charge in [0.1, 0.15) is 5.69 Å². The van der Waals surface area contributed by atoms with Crippen molar-refractivity contribution in [3.05, 3.63) is 36.0 Å². The number of benzene rings is 1. The maximum absolute atomic E-state index is 14.6. The molecule has 5 rings (SSSR count). The molecule has 3 amide bonds. The molecule has 1 aliphatic carbocycles. The Morgan fingerprint density at radius 1 is 1.11 bits per heavy atom. The second-order valence-corrected chi connectivity index (χ2v) is 9.90. The second kappa shape index (κ2) is 10.0. The molecule has 3 heterocycles. The van der Waals surface area contributed by atoms with Crippen LogP contribution in [0.2, 0.25) is 0 Å². The van der Waals surface area contributed by atoms with Crippen molar-refractivity contribution in [3.63, 3.8) is 0 Å². The molecule has 0 radical (unpaired) electrons. The number of amides is 3. The van der Waals surface area contributed by atoms with Crippen LogP contribution >= 0.6 is 0 Å². The number of carbonyl (C=O) groups is 3. The average molecular weight is 530 g/mol. The molecule has 11 nitrogen and oxygen atoms in total. The van der Waals surface area contributed by atoms with E-state index in [9.17, 15) is 23.2 Å². The first-order chi connectivity index (χ1) is 18.1. The predicted molar refractivity (Wildman–Crippen MR) is 135 cm³/mol. The van der Waals surface area contributed by atoms with Crippen LogP contribution in [0.5, 0.6) is 0 Å². The first-order valence-electron chi connectivity index (χ1n) is 12.6. The molecular formula is C25H29F2N7O4. The van der Waals surface area contributed by atoms with Crippen LogP contribution in [0.1, 0.15) is 42.5 Å². The van der Waals surface area contributed by atoms with Gasteiger partial charge < -0.3 is 30.4 Å². The van der Waals surface area contributed by atoms with E-state index in [0.717, 1.165) is 24.2 Å². The monoisotopic (exact) mass is 529 g/mol. The van der Waals surface area contributed by atoms with Crippen LogP contribution in [0, 0.1) is 0 Å². The van der Waals surface area contributed by atoms with Gasteiger partial charge in [0.05, 0.1) is 12.7 Å². The Morgan fingerprint density at radius 3 is 2.39 bits per heavy atom. The number of fused-ring (bicyclic) bond motifs is 1. The van der Waals surface area contributed by atoms with E-state index in [1.807, 2.05) is 0 Å². The summed E-state index contributed by atoms with van der Waals surface area (Å²) in [5.74, 6) is -4.49. The van der Waals surface area contributed by atoms with Gasteiger partial charge in [-0.1, -0.05) is 0 Å². The highest BCUT2D eigenvalue weighted by atomic mass is 19.3. The van der Waals surface area contributed by atoms with Crippen molar-refractivity contribution in [1.82, 2.24) is 20.2 Å². The molecule has 3 aliphatic rings. The van der Waals surface area contributed by atoms with Crippen LogP contribution < -0.4 is 20.4 Å². The van der Waals surface area contributed by atoms with Gasteiger partial charge in [-0.25, -0.2) is 9.78 Å². The summed E-state index contributed by atoms with van der Waals surface area (Å²) in [4.78, 5) is 48.9. The molecule has 202 valence electrons. The van der Waals surface area contributed by atoms with Crippen LogP contribution in [0.3, 0.4) is 0 Å². The summed E-state index contributed by atoms with van der Waals surface area (Å²) in [7, 11) is 1.30. The van der Waals surface area contributed by atoms with Crippen molar-refractivity contribution in [2.75, 3.05) is 41.8 Å². The summed E-state index contributed by atoms with van der Waals surface area (Å²) < 4.78 is 29.3. The van der Waals surface area contributed by atoms with Crippen LogP contribution in [-0.4, -0.2) is 82.6 Å². The van der Waals surface area contributed by atoms with E-state index in [2.05, 4.69) is 20.6 Å². The fourth-order valence-corrected chi connectivity index (χ4v) is 5.00. The first kappa shape index (κ1) is 25.6. The Labute approximate surface area is 217 Å². The number of alkyl halides is 2. The van der Waals surface area contributed by atoms with Crippen molar-refractivity contribution in [1.29, 1.82) is 0 Å². The highest BCUT2D eigenvalue weighted by Gasteiger charge is 2.49. The number of likely N-dealkylation sites (tertiary alicyclic amines) is 1. The smallest absolute Gasteiger partial charge is 0.404 e. The number of carboxylic acid groups (broad SMARTS) is 1. The molecule has 0 unspecified atom stereocenters. The van der Waals surface area contributed by atoms with E-state index in [0.29, 0.717) is 37.2 Å². The van der Waals surface area contributed by atoms with Gasteiger partial charge in [-0.15, -0.1) is 0 Å². The normalized spacial score (nSPS) is 19.9. The minimum atomic E-state index is -3.54. The molecule has 0 bridgehead atoms. The maximum Gasteiger partial charge on any atom is 0.404 e. The molecule has 1 aromatic carbocycles. The third-order valence-corrected chi connectivity index (χ3v) is 7.38. The van der Waals surface area contributed by atoms with E-state index in [4.69, 9.17) is 5.11 Å². The lowest BCUT2D eigenvalue weighted by Crippen LogP contribution is -2.50. The minimum absolute atomic E-state index is 0.114. The number of piperidine rings is 1. The molecule has 1 aromatic heterocycles. The topological polar surface area (TPSA) is 131 Å². The molecule has 2 aromatic rings. The molecule has 2 fully saturated rings. The number of rotatable bonds is 5. The van der Waals surface area contributed by atoms with Gasteiger partial charge in [-0.2, -0.15) is 13.8 Å². The third kappa shape index (κ3) is 5.04. The molecule has 0 spiro atoms. The van der Waals surface area contributed by atoms with Crippen LogP contribution in [0.15, 0.2) is 30.5 Å². The van der Waals surface area contributed by atoms with Crippen molar-refractivity contribution in [2.24, 2.45) is 0 Å². The van der Waals surface area contributed by atoms with Crippen LogP contribution in [-0.2, 0) is 4.79 Å². The number of anilines is 4. The molecule has 1 saturated carbocycles. The maximum atomic E-state index is 14.6. The molecule has 38 heavy (non-hydrogen) atoms. The van der Waals surface area contributed by atoms with E-state index >= 15 is 0 Å². The van der Waals surface area contributed by atoms with Crippen LogP contribution in [0.4, 0.5) is 36.7 Å². The van der Waals surface area contributed by atoms with Crippen molar-refractivity contribution in [3.8, 4) is 0 Å². The van der Waals surface area contributed by atoms with Crippen LogP contribution in [0.25, 0.3) is 0 Å². The standard InChI is InChI=1S/C25H29F2N7O4/c1-32-19-13-28-23(31-20(19)34(18-3-2-4-18)14-25(26,27)22(32)36)29-16-7-5-15(6-8-16)21(35)33-11-9-17(10-12-33)30-24(37)38/h5-8,13,17-18,30H,2-4,9-12,14H2,1H3,(H,37,38)(H,28,29,31). The largest absolute Gasteiger partial charge is 0.465 e. The van der Waals surface area contributed by atoms with Gasteiger partial charge in [0, 0.05) is 43.5 Å². The summed E-state index contributed by atoms with van der Waals surface area (Å²) in [6, 6.07) is 6.47. The van der Waals surface area contributed by atoms with Gasteiger partial charge in [-0.3, -0.25) is 9.59 Å². The number of nitrogens with one attached hydrogen (secondary N) is 2. The lowest BCUT2D eigenvalue weighted by Gasteiger charge is -2.38. The zero-order chi connectivity index (χ0) is 27.0. The SMILES string of the molecule is CN1C(=O)C(F)(F)CN(C2CCC2)c2nc(Nc3ccc(C(=O)N4CCC(NC(=O)O)CC4)cc3)ncc21. The molecule has 0 atom stereocenters. The van der Waals surface area contributed by atoms with E-state index in [1.165, 1.54) is 18.1 Å². The Balaban J connectivity index is 1.29. The van der Waals surface area contributed by atoms with Gasteiger partial charge in [0.25, 0.3) is 11.8 Å². The Morgan fingerprint density at radius 2 is 1.79 bits per heavy atom. The van der Waals surface area contributed by atoms with E-state index in [1.54, 1.807) is 29.2 Å². The zero-order valence-electron chi connectivity index (χ0n) is 20.9. The molecule has 1 saturated heterocycles. The number of nitrogens with zero attached hydrogens (tertiary/aromatic N) is 5. The predicted octanol–water partition coefficient (Wildman–Crippen LogP) is 3.06. The highest BCUT2D eigenvalue weighted by molar-refractivity contribution is 6.02. The quantitative estimate of drug-likeness (QED) is 0.539. The van der Waals surface area contributed by atoms with Gasteiger partial charge in [0.2, 0.25) is 5.95 Å². The minimum Gasteiger partial charge on any atom is -0.465 e. The molecule has 3 N–H and O–H groups in total. The second-order valence-electron chi connectivity index (χ2n) is 9.90. The first-order valence-corrected chi connectivity index (χ1v) is 12.6. The number of hydrogen-bond acceptors (Lipinski definition) is 7. The van der Waals surface area contributed by atoms with E-state index in [-0.39, 0.29) is 35.4 Å². The Bertz CT molecular complexity index is 1230. The third-order valence-electron chi connectivity index (χ3n) is 7.38. The van der Waals surface area contributed by atoms with Crippen molar-refractivity contribution in [2.45, 2.75) is 50.1 Å². The molecular weight excluding hydrogens is 500 g/mol. The lowest BCUT2D eigenvalue weighted by atomic mass is 9.91. The molecule has 2 aliphatic heterocycles. The summed E-state index contributed by atoms with van der Waals surface area (Å²) in [6.07, 6.45) is 3.86. The number of carbonyl (C=O) groups excluding carboxylic acids is 2. The summed E-state index contributed by atoms with van der Waals surface area (Å²) in [5, 5.41) is 14.4.